The van der Waals surface area contributed by atoms with Crippen LogP contribution in [0.2, 0.25) is 0 Å². The molecule has 3 aromatic rings. The minimum atomic E-state index is -0.404. The molecule has 6 nitrogen and oxygen atoms in total. The zero-order valence-electron chi connectivity index (χ0n) is 17.3. The second-order valence-electron chi connectivity index (χ2n) is 7.66. The molecule has 0 radical (unpaired) electrons. The van der Waals surface area contributed by atoms with E-state index in [2.05, 4.69) is 46.7 Å². The summed E-state index contributed by atoms with van der Waals surface area (Å²) in [7, 11) is 0. The van der Waals surface area contributed by atoms with Gasteiger partial charge in [0.05, 0.1) is 16.7 Å². The summed E-state index contributed by atoms with van der Waals surface area (Å²) in [6, 6.07) is 27.4. The Labute approximate surface area is 181 Å². The largest absolute Gasteiger partial charge is 0.302 e. The third kappa shape index (κ3) is 4.75. The van der Waals surface area contributed by atoms with E-state index in [1.54, 1.807) is 18.2 Å². The second-order valence-corrected chi connectivity index (χ2v) is 7.66. The number of nitro groups is 1. The summed E-state index contributed by atoms with van der Waals surface area (Å²) in [5.74, 6) is 0.130. The highest BCUT2D eigenvalue weighted by molar-refractivity contribution is 5.90. The Morgan fingerprint density at radius 1 is 0.935 bits per heavy atom. The first kappa shape index (κ1) is 20.6. The van der Waals surface area contributed by atoms with Crippen LogP contribution >= 0.6 is 0 Å². The van der Waals surface area contributed by atoms with Crippen molar-refractivity contribution in [2.75, 3.05) is 0 Å². The minimum absolute atomic E-state index is 0.0223. The molecule has 1 heterocycles. The van der Waals surface area contributed by atoms with Crippen LogP contribution in [-0.2, 0) is 0 Å². The molecule has 3 unspecified atom stereocenters. The summed E-state index contributed by atoms with van der Waals surface area (Å²) < 4.78 is 0. The van der Waals surface area contributed by atoms with E-state index in [9.17, 15) is 10.1 Å². The fourth-order valence-electron chi connectivity index (χ4n) is 4.01. The number of benzene rings is 3. The van der Waals surface area contributed by atoms with Crippen LogP contribution in [0, 0.1) is 16.0 Å². The van der Waals surface area contributed by atoms with Crippen LogP contribution in [0.4, 0.5) is 5.69 Å². The van der Waals surface area contributed by atoms with E-state index in [0.29, 0.717) is 5.56 Å². The zero-order chi connectivity index (χ0) is 21.6. The molecule has 1 aliphatic rings. The number of hydrogen-bond acceptors (Lipinski definition) is 5. The zero-order valence-corrected chi connectivity index (χ0v) is 17.3. The third-order valence-corrected chi connectivity index (χ3v) is 5.70. The molecule has 4 rings (SSSR count). The molecule has 1 N–H and O–H groups in total. The van der Waals surface area contributed by atoms with Crippen LogP contribution in [0.3, 0.4) is 0 Å². The highest BCUT2D eigenvalue weighted by Crippen LogP contribution is 2.35. The van der Waals surface area contributed by atoms with Crippen LogP contribution < -0.4 is 5.32 Å². The molecule has 0 bridgehead atoms. The molecule has 1 fully saturated rings. The Bertz CT molecular complexity index is 1100. The number of nitro benzene ring substituents is 1. The first-order valence-electron chi connectivity index (χ1n) is 10.3. The van der Waals surface area contributed by atoms with Gasteiger partial charge in [-0.2, -0.15) is 10.2 Å². The van der Waals surface area contributed by atoms with Crippen molar-refractivity contribution in [1.82, 2.24) is 5.32 Å². The van der Waals surface area contributed by atoms with Crippen molar-refractivity contribution in [1.29, 1.82) is 0 Å². The molecule has 1 saturated heterocycles. The lowest BCUT2D eigenvalue weighted by molar-refractivity contribution is -0.385. The number of rotatable bonds is 5. The Kier molecular flexibility index (Phi) is 6.29. The van der Waals surface area contributed by atoms with Gasteiger partial charge in [0.1, 0.15) is 0 Å². The molecule has 156 valence electrons. The van der Waals surface area contributed by atoms with E-state index in [0.717, 1.165) is 12.1 Å². The van der Waals surface area contributed by atoms with Gasteiger partial charge in [-0.3, -0.25) is 10.1 Å². The average molecular weight is 412 g/mol. The lowest BCUT2D eigenvalue weighted by Gasteiger charge is -2.37. The van der Waals surface area contributed by atoms with Gasteiger partial charge in [0.2, 0.25) is 0 Å². The van der Waals surface area contributed by atoms with Crippen LogP contribution in [0.1, 0.15) is 42.1 Å². The smallest absolute Gasteiger partial charge is 0.278 e. The van der Waals surface area contributed by atoms with Crippen molar-refractivity contribution in [3.05, 3.63) is 112 Å². The highest BCUT2D eigenvalue weighted by atomic mass is 16.6. The maximum atomic E-state index is 11.2. The molecule has 0 aromatic heterocycles. The van der Waals surface area contributed by atoms with Crippen molar-refractivity contribution in [3.8, 4) is 0 Å². The van der Waals surface area contributed by atoms with Crippen LogP contribution in [-0.4, -0.2) is 16.8 Å². The average Bonchev–Trinajstić information content (AvgIpc) is 2.81. The molecule has 3 aromatic carbocycles. The molecular weight excluding hydrogens is 388 g/mol. The Balaban J connectivity index is 1.65. The molecule has 0 spiro atoms. The van der Waals surface area contributed by atoms with E-state index in [-0.39, 0.29) is 23.7 Å². The van der Waals surface area contributed by atoms with Gasteiger partial charge in [0, 0.05) is 36.2 Å². The summed E-state index contributed by atoms with van der Waals surface area (Å²) in [5, 5.41) is 23.8. The molecular formula is C25H24N4O2. The predicted octanol–water partition coefficient (Wildman–Crippen LogP) is 5.48. The summed E-state index contributed by atoms with van der Waals surface area (Å²) in [6.07, 6.45) is 2.19. The van der Waals surface area contributed by atoms with Gasteiger partial charge in [-0.1, -0.05) is 79.7 Å². The standard InChI is InChI=1S/C25H24N4O2/c1-18-22(28-26-17-21-14-8-9-15-24(21)29(30)31)16-23(19-10-4-2-5-11-19)27-25(18)20-12-6-3-7-13-20/h2-15,17-18,23,25,27H,16H2,1H3/b26-17+,28-22+. The molecule has 1 aliphatic heterocycles. The maximum Gasteiger partial charge on any atom is 0.278 e. The van der Waals surface area contributed by atoms with Gasteiger partial charge >= 0.3 is 0 Å². The van der Waals surface area contributed by atoms with E-state index in [1.807, 2.05) is 36.4 Å². The van der Waals surface area contributed by atoms with Gasteiger partial charge in [-0.25, -0.2) is 0 Å². The van der Waals surface area contributed by atoms with Crippen molar-refractivity contribution in [3.63, 3.8) is 0 Å². The monoisotopic (exact) mass is 412 g/mol. The number of para-hydroxylation sites is 1. The van der Waals surface area contributed by atoms with Gasteiger partial charge in [0.25, 0.3) is 5.69 Å². The van der Waals surface area contributed by atoms with Gasteiger partial charge < -0.3 is 5.32 Å². The maximum absolute atomic E-state index is 11.2. The van der Waals surface area contributed by atoms with Crippen LogP contribution in [0.5, 0.6) is 0 Å². The number of piperidine rings is 1. The third-order valence-electron chi connectivity index (χ3n) is 5.70. The summed E-state index contributed by atoms with van der Waals surface area (Å²) in [4.78, 5) is 10.8. The molecule has 0 saturated carbocycles. The molecule has 31 heavy (non-hydrogen) atoms. The molecule has 3 atom stereocenters. The number of nitrogens with one attached hydrogen (secondary N) is 1. The first-order valence-corrected chi connectivity index (χ1v) is 10.3. The lowest BCUT2D eigenvalue weighted by atomic mass is 9.81. The molecule has 0 amide bonds. The van der Waals surface area contributed by atoms with Crippen LogP contribution in [0.15, 0.2) is 95.1 Å². The fourth-order valence-corrected chi connectivity index (χ4v) is 4.01. The molecule has 0 aliphatic carbocycles. The SMILES string of the molecule is CC1/C(=N/N=C/c2ccccc2[N+](=O)[O-])CC(c2ccccc2)NC1c1ccccc1. The Morgan fingerprint density at radius 3 is 2.23 bits per heavy atom. The highest BCUT2D eigenvalue weighted by Gasteiger charge is 2.33. The minimum Gasteiger partial charge on any atom is -0.302 e. The first-order chi connectivity index (χ1) is 15.1. The Morgan fingerprint density at radius 2 is 1.55 bits per heavy atom. The predicted molar refractivity (Wildman–Crippen MR) is 123 cm³/mol. The summed E-state index contributed by atoms with van der Waals surface area (Å²) in [5.41, 5.74) is 3.83. The van der Waals surface area contributed by atoms with E-state index in [1.165, 1.54) is 23.4 Å². The summed E-state index contributed by atoms with van der Waals surface area (Å²) >= 11 is 0. The van der Waals surface area contributed by atoms with Crippen LogP contribution in [0.25, 0.3) is 0 Å². The second kappa shape index (κ2) is 9.45. The van der Waals surface area contributed by atoms with Crippen molar-refractivity contribution in [2.24, 2.45) is 16.1 Å². The number of hydrogen-bond donors (Lipinski definition) is 1. The molecule has 6 heteroatoms. The van der Waals surface area contributed by atoms with Gasteiger partial charge in [0.15, 0.2) is 0 Å². The lowest BCUT2D eigenvalue weighted by Crippen LogP contribution is -2.41. The fraction of sp³-hybridized carbons (Fsp3) is 0.200. The van der Waals surface area contributed by atoms with Crippen molar-refractivity contribution < 1.29 is 4.92 Å². The normalized spacial score (nSPS) is 22.6. The van der Waals surface area contributed by atoms with E-state index >= 15 is 0 Å². The Hall–Kier alpha value is -3.64. The van der Waals surface area contributed by atoms with Crippen molar-refractivity contribution >= 4 is 17.6 Å². The van der Waals surface area contributed by atoms with Crippen molar-refractivity contribution in [2.45, 2.75) is 25.4 Å². The van der Waals surface area contributed by atoms with Gasteiger partial charge in [-0.15, -0.1) is 0 Å². The topological polar surface area (TPSA) is 79.9 Å². The number of nitrogens with zero attached hydrogens (tertiary/aromatic N) is 3. The quantitative estimate of drug-likeness (QED) is 0.342. The van der Waals surface area contributed by atoms with E-state index < -0.39 is 4.92 Å². The van der Waals surface area contributed by atoms with Gasteiger partial charge in [-0.05, 0) is 17.2 Å². The van der Waals surface area contributed by atoms with E-state index in [4.69, 9.17) is 0 Å². The summed E-state index contributed by atoms with van der Waals surface area (Å²) in [6.45, 7) is 2.14.